The predicted octanol–water partition coefficient (Wildman–Crippen LogP) is 3.52. The number of aliphatic hydroxyl groups excluding tert-OH is 1. The Bertz CT molecular complexity index is 673. The van der Waals surface area contributed by atoms with Gasteiger partial charge in [0.15, 0.2) is 5.75 Å². The molecule has 5 nitrogen and oxygen atoms in total. The van der Waals surface area contributed by atoms with Gasteiger partial charge in [-0.2, -0.15) is 0 Å². The maximum absolute atomic E-state index is 11.2. The van der Waals surface area contributed by atoms with Gasteiger partial charge in [0.2, 0.25) is 0 Å². The Labute approximate surface area is 135 Å². The van der Waals surface area contributed by atoms with Gasteiger partial charge in [0.25, 0.3) is 0 Å². The first kappa shape index (κ1) is 14.9. The summed E-state index contributed by atoms with van der Waals surface area (Å²) in [6, 6.07) is 3.20. The third kappa shape index (κ3) is 2.02. The molecular weight excluding hydrogens is 294 g/mol. The van der Waals surface area contributed by atoms with Crippen LogP contribution in [0.15, 0.2) is 12.1 Å². The number of aromatic hydroxyl groups is 1. The van der Waals surface area contributed by atoms with E-state index in [-0.39, 0.29) is 23.0 Å². The minimum absolute atomic E-state index is 0.0154. The maximum Gasteiger partial charge on any atom is 0.310 e. The molecule has 1 aromatic rings. The molecule has 3 unspecified atom stereocenters. The molecule has 2 saturated carbocycles. The standard InChI is InChI=1S/C18H23NO4/c1-18-7-6-11-12(14(18)4-5-17(18)21)3-2-10-8-16(20)15(19(22)23)9-13(10)11/h8-9,11-12,14,17,20-21H,2-7H2,1H3/t11?,12?,14?,17-,18-/m0/s1. The van der Waals surface area contributed by atoms with Crippen molar-refractivity contribution in [2.45, 2.75) is 57.5 Å². The Hall–Kier alpha value is -1.62. The van der Waals surface area contributed by atoms with Crippen LogP contribution in [0.2, 0.25) is 0 Å². The fourth-order valence-corrected chi connectivity index (χ4v) is 5.71. The highest BCUT2D eigenvalue weighted by atomic mass is 16.6. The number of benzene rings is 1. The van der Waals surface area contributed by atoms with Crippen molar-refractivity contribution in [3.05, 3.63) is 33.4 Å². The quantitative estimate of drug-likeness (QED) is 0.613. The number of fused-ring (bicyclic) bond motifs is 5. The summed E-state index contributed by atoms with van der Waals surface area (Å²) in [5.41, 5.74) is 1.97. The third-order valence-corrected chi connectivity index (χ3v) is 6.97. The van der Waals surface area contributed by atoms with E-state index >= 15 is 0 Å². The number of nitro benzene ring substituents is 1. The first-order chi connectivity index (χ1) is 10.9. The number of aryl methyl sites for hydroxylation is 1. The van der Waals surface area contributed by atoms with Gasteiger partial charge in [-0.3, -0.25) is 10.1 Å². The fourth-order valence-electron chi connectivity index (χ4n) is 5.71. The molecule has 0 bridgehead atoms. The molecule has 124 valence electrons. The highest BCUT2D eigenvalue weighted by molar-refractivity contribution is 5.53. The Morgan fingerprint density at radius 3 is 2.78 bits per heavy atom. The average molecular weight is 317 g/mol. The summed E-state index contributed by atoms with van der Waals surface area (Å²) in [7, 11) is 0. The molecule has 0 radical (unpaired) electrons. The van der Waals surface area contributed by atoms with Crippen molar-refractivity contribution in [1.82, 2.24) is 0 Å². The van der Waals surface area contributed by atoms with Crippen LogP contribution in [0.3, 0.4) is 0 Å². The summed E-state index contributed by atoms with van der Waals surface area (Å²) in [6.45, 7) is 2.22. The zero-order valence-corrected chi connectivity index (χ0v) is 13.4. The summed E-state index contributed by atoms with van der Waals surface area (Å²) in [6.07, 6.45) is 5.62. The summed E-state index contributed by atoms with van der Waals surface area (Å²) in [5, 5.41) is 31.4. The normalized spacial score (nSPS) is 38.5. The van der Waals surface area contributed by atoms with Crippen LogP contribution in [0.25, 0.3) is 0 Å². The second kappa shape index (κ2) is 4.94. The van der Waals surface area contributed by atoms with Crippen LogP contribution in [0, 0.1) is 27.4 Å². The van der Waals surface area contributed by atoms with Gasteiger partial charge in [-0.05, 0) is 78.9 Å². The molecule has 5 atom stereocenters. The van der Waals surface area contributed by atoms with E-state index in [4.69, 9.17) is 0 Å². The summed E-state index contributed by atoms with van der Waals surface area (Å²) >= 11 is 0. The number of phenolic OH excluding ortho intramolecular Hbond substituents is 1. The van der Waals surface area contributed by atoms with Crippen molar-refractivity contribution in [3.63, 3.8) is 0 Å². The Balaban J connectivity index is 1.74. The second-order valence-electron chi connectivity index (χ2n) is 7.85. The highest BCUT2D eigenvalue weighted by Crippen LogP contribution is 2.61. The summed E-state index contributed by atoms with van der Waals surface area (Å²) < 4.78 is 0. The van der Waals surface area contributed by atoms with Gasteiger partial charge in [-0.25, -0.2) is 0 Å². The Kier molecular flexibility index (Phi) is 3.21. The lowest BCUT2D eigenvalue weighted by Crippen LogP contribution is -2.43. The first-order valence-electron chi connectivity index (χ1n) is 8.60. The van der Waals surface area contributed by atoms with Crippen LogP contribution in [0.1, 0.15) is 56.1 Å². The molecule has 3 aliphatic carbocycles. The Morgan fingerprint density at radius 2 is 2.04 bits per heavy atom. The molecular formula is C18H23NO4. The number of phenols is 1. The van der Waals surface area contributed by atoms with Crippen LogP contribution in [0.5, 0.6) is 5.75 Å². The molecule has 0 amide bonds. The van der Waals surface area contributed by atoms with E-state index in [0.29, 0.717) is 17.8 Å². The van der Waals surface area contributed by atoms with Crippen molar-refractivity contribution < 1.29 is 15.1 Å². The van der Waals surface area contributed by atoms with E-state index in [1.54, 1.807) is 12.1 Å². The van der Waals surface area contributed by atoms with Gasteiger partial charge in [-0.15, -0.1) is 0 Å². The molecule has 0 heterocycles. The summed E-state index contributed by atoms with van der Waals surface area (Å²) in [4.78, 5) is 10.7. The van der Waals surface area contributed by atoms with E-state index in [2.05, 4.69) is 6.92 Å². The molecule has 2 fully saturated rings. The van der Waals surface area contributed by atoms with Crippen LogP contribution in [-0.4, -0.2) is 21.2 Å². The van der Waals surface area contributed by atoms with Crippen molar-refractivity contribution in [2.75, 3.05) is 0 Å². The van der Waals surface area contributed by atoms with Crippen LogP contribution >= 0.6 is 0 Å². The lowest BCUT2D eigenvalue weighted by molar-refractivity contribution is -0.386. The smallest absolute Gasteiger partial charge is 0.310 e. The maximum atomic E-state index is 11.2. The topological polar surface area (TPSA) is 83.6 Å². The van der Waals surface area contributed by atoms with Gasteiger partial charge in [0.1, 0.15) is 0 Å². The zero-order chi connectivity index (χ0) is 16.4. The monoisotopic (exact) mass is 317 g/mol. The van der Waals surface area contributed by atoms with E-state index in [0.717, 1.165) is 49.7 Å². The first-order valence-corrected chi connectivity index (χ1v) is 8.60. The lowest BCUT2D eigenvalue weighted by Gasteiger charge is -2.50. The van der Waals surface area contributed by atoms with Gasteiger partial charge in [-0.1, -0.05) is 6.92 Å². The van der Waals surface area contributed by atoms with E-state index in [9.17, 15) is 20.3 Å². The number of rotatable bonds is 1. The number of hydrogen-bond donors (Lipinski definition) is 2. The van der Waals surface area contributed by atoms with Crippen LogP contribution < -0.4 is 0 Å². The minimum atomic E-state index is -0.495. The zero-order valence-electron chi connectivity index (χ0n) is 13.4. The highest BCUT2D eigenvalue weighted by Gasteiger charge is 2.54. The van der Waals surface area contributed by atoms with E-state index < -0.39 is 4.92 Å². The van der Waals surface area contributed by atoms with Crippen molar-refractivity contribution in [1.29, 1.82) is 0 Å². The Morgan fingerprint density at radius 1 is 1.26 bits per heavy atom. The molecule has 23 heavy (non-hydrogen) atoms. The largest absolute Gasteiger partial charge is 0.502 e. The predicted molar refractivity (Wildman–Crippen MR) is 85.4 cm³/mol. The number of nitrogens with zero attached hydrogens (tertiary/aromatic N) is 1. The van der Waals surface area contributed by atoms with Crippen LogP contribution in [-0.2, 0) is 6.42 Å². The second-order valence-corrected chi connectivity index (χ2v) is 7.85. The molecule has 0 aliphatic heterocycles. The third-order valence-electron chi connectivity index (χ3n) is 6.97. The van der Waals surface area contributed by atoms with Gasteiger partial charge < -0.3 is 10.2 Å². The van der Waals surface area contributed by atoms with Crippen molar-refractivity contribution in [3.8, 4) is 5.75 Å². The molecule has 0 spiro atoms. The SMILES string of the molecule is C[C@]12CCC3c4cc([N+](=O)[O-])c(O)cc4CCC3C1CC[C@@H]2O. The molecule has 0 aromatic heterocycles. The number of aliphatic hydroxyl groups is 1. The minimum Gasteiger partial charge on any atom is -0.502 e. The van der Waals surface area contributed by atoms with Gasteiger partial charge in [0, 0.05) is 6.07 Å². The lowest BCUT2D eigenvalue weighted by atomic mass is 9.55. The van der Waals surface area contributed by atoms with Crippen LogP contribution in [0.4, 0.5) is 5.69 Å². The van der Waals surface area contributed by atoms with Gasteiger partial charge in [0.05, 0.1) is 11.0 Å². The molecule has 3 aliphatic rings. The molecule has 5 heteroatoms. The van der Waals surface area contributed by atoms with Crippen molar-refractivity contribution in [2.24, 2.45) is 17.3 Å². The van der Waals surface area contributed by atoms with Gasteiger partial charge >= 0.3 is 5.69 Å². The molecule has 4 rings (SSSR count). The average Bonchev–Trinajstić information content (AvgIpc) is 2.81. The summed E-state index contributed by atoms with van der Waals surface area (Å²) in [5.74, 6) is 1.13. The van der Waals surface area contributed by atoms with E-state index in [1.165, 1.54) is 0 Å². The fraction of sp³-hybridized carbons (Fsp3) is 0.667. The van der Waals surface area contributed by atoms with E-state index in [1.807, 2.05) is 0 Å². The number of nitro groups is 1. The molecule has 0 saturated heterocycles. The molecule has 1 aromatic carbocycles. The molecule has 2 N–H and O–H groups in total. The van der Waals surface area contributed by atoms with Crippen molar-refractivity contribution >= 4 is 5.69 Å². The number of hydrogen-bond acceptors (Lipinski definition) is 4.